The van der Waals surface area contributed by atoms with Crippen molar-refractivity contribution in [3.63, 3.8) is 0 Å². The van der Waals surface area contributed by atoms with Gasteiger partial charge in [0, 0.05) is 19.1 Å². The second-order valence-corrected chi connectivity index (χ2v) is 5.97. The number of ether oxygens (including phenoxy) is 1. The van der Waals surface area contributed by atoms with E-state index in [9.17, 15) is 4.79 Å². The average molecular weight is 283 g/mol. The lowest BCUT2D eigenvalue weighted by Gasteiger charge is -2.26. The highest BCUT2D eigenvalue weighted by molar-refractivity contribution is 5.81. The molecule has 0 bridgehead atoms. The van der Waals surface area contributed by atoms with Crippen LogP contribution in [0.4, 0.5) is 0 Å². The van der Waals surface area contributed by atoms with E-state index in [1.807, 2.05) is 6.92 Å². The Kier molecular flexibility index (Phi) is 6.76. The minimum absolute atomic E-state index is 0.0831. The maximum Gasteiger partial charge on any atom is 0.237 e. The first kappa shape index (κ1) is 15.7. The zero-order valence-corrected chi connectivity index (χ0v) is 12.7. The van der Waals surface area contributed by atoms with E-state index in [1.165, 1.54) is 12.8 Å². The Labute approximate surface area is 122 Å². The van der Waals surface area contributed by atoms with Crippen LogP contribution in [-0.4, -0.2) is 62.3 Å². The Morgan fingerprint density at radius 3 is 2.70 bits per heavy atom. The fourth-order valence-corrected chi connectivity index (χ4v) is 2.94. The van der Waals surface area contributed by atoms with Crippen molar-refractivity contribution in [2.24, 2.45) is 0 Å². The topological polar surface area (TPSA) is 53.6 Å². The quantitative estimate of drug-likeness (QED) is 0.677. The highest BCUT2D eigenvalue weighted by Gasteiger charge is 2.20. The second kappa shape index (κ2) is 8.60. The number of carbonyl (C=O) groups is 1. The van der Waals surface area contributed by atoms with Crippen molar-refractivity contribution in [2.75, 3.05) is 39.4 Å². The van der Waals surface area contributed by atoms with E-state index in [1.54, 1.807) is 0 Å². The zero-order valence-electron chi connectivity index (χ0n) is 12.7. The number of morpholine rings is 1. The van der Waals surface area contributed by atoms with Crippen LogP contribution in [0.25, 0.3) is 0 Å². The van der Waals surface area contributed by atoms with Crippen molar-refractivity contribution >= 4 is 5.91 Å². The molecule has 2 N–H and O–H groups in total. The van der Waals surface area contributed by atoms with Gasteiger partial charge in [0.2, 0.25) is 5.91 Å². The Bertz CT molecular complexity index is 287. The van der Waals surface area contributed by atoms with Gasteiger partial charge >= 0.3 is 0 Å². The fraction of sp³-hybridized carbons (Fsp3) is 0.933. The third-order valence-corrected chi connectivity index (χ3v) is 4.30. The number of rotatable bonds is 7. The van der Waals surface area contributed by atoms with Crippen LogP contribution in [0.2, 0.25) is 0 Å². The molecule has 1 atom stereocenters. The summed E-state index contributed by atoms with van der Waals surface area (Å²) in [6, 6.07) is 0.334. The summed E-state index contributed by atoms with van der Waals surface area (Å²) in [6.07, 6.45) is 5.89. The molecule has 1 saturated heterocycles. The van der Waals surface area contributed by atoms with Crippen molar-refractivity contribution in [1.82, 2.24) is 15.5 Å². The normalized spacial score (nSPS) is 22.9. The maximum absolute atomic E-state index is 12.0. The molecule has 1 amide bonds. The maximum atomic E-state index is 12.0. The monoisotopic (exact) mass is 283 g/mol. The number of nitrogens with one attached hydrogen (secondary N) is 2. The summed E-state index contributed by atoms with van der Waals surface area (Å²) < 4.78 is 5.33. The van der Waals surface area contributed by atoms with E-state index < -0.39 is 0 Å². The molecule has 5 heteroatoms. The molecule has 1 aliphatic carbocycles. The van der Waals surface area contributed by atoms with Crippen LogP contribution in [0.1, 0.15) is 39.0 Å². The molecule has 0 spiro atoms. The molecule has 0 radical (unpaired) electrons. The summed E-state index contributed by atoms with van der Waals surface area (Å²) >= 11 is 0. The lowest BCUT2D eigenvalue weighted by molar-refractivity contribution is -0.123. The van der Waals surface area contributed by atoms with Crippen LogP contribution < -0.4 is 10.6 Å². The summed E-state index contributed by atoms with van der Waals surface area (Å²) in [5, 5.41) is 6.47. The minimum atomic E-state index is -0.0831. The van der Waals surface area contributed by atoms with Gasteiger partial charge in [-0.05, 0) is 39.3 Å². The Morgan fingerprint density at radius 2 is 2.00 bits per heavy atom. The molecule has 1 saturated carbocycles. The lowest BCUT2D eigenvalue weighted by atomic mass is 10.2. The van der Waals surface area contributed by atoms with Gasteiger partial charge in [-0.3, -0.25) is 9.69 Å². The lowest BCUT2D eigenvalue weighted by Crippen LogP contribution is -2.46. The Hall–Kier alpha value is -0.650. The first-order chi connectivity index (χ1) is 9.75. The molecule has 0 aromatic carbocycles. The minimum Gasteiger partial charge on any atom is -0.379 e. The summed E-state index contributed by atoms with van der Waals surface area (Å²) in [5.41, 5.74) is 0. The van der Waals surface area contributed by atoms with Crippen LogP contribution in [0, 0.1) is 0 Å². The summed E-state index contributed by atoms with van der Waals surface area (Å²) in [4.78, 5) is 14.4. The van der Waals surface area contributed by atoms with Crippen LogP contribution >= 0.6 is 0 Å². The number of carbonyl (C=O) groups excluding carboxylic acids is 1. The van der Waals surface area contributed by atoms with Gasteiger partial charge in [-0.15, -0.1) is 0 Å². The van der Waals surface area contributed by atoms with E-state index in [-0.39, 0.29) is 11.9 Å². The van der Waals surface area contributed by atoms with Crippen LogP contribution in [0.15, 0.2) is 0 Å². The zero-order chi connectivity index (χ0) is 14.2. The Balaban J connectivity index is 1.52. The average Bonchev–Trinajstić information content (AvgIpc) is 2.97. The number of nitrogens with zero attached hydrogens (tertiary/aromatic N) is 1. The van der Waals surface area contributed by atoms with Gasteiger partial charge in [-0.2, -0.15) is 0 Å². The molecular formula is C15H29N3O2. The van der Waals surface area contributed by atoms with E-state index >= 15 is 0 Å². The van der Waals surface area contributed by atoms with Gasteiger partial charge in [0.15, 0.2) is 0 Å². The fourth-order valence-electron chi connectivity index (χ4n) is 2.94. The summed E-state index contributed by atoms with van der Waals surface area (Å²) in [7, 11) is 0. The smallest absolute Gasteiger partial charge is 0.237 e. The third-order valence-electron chi connectivity index (χ3n) is 4.30. The van der Waals surface area contributed by atoms with Gasteiger partial charge < -0.3 is 15.4 Å². The molecule has 116 valence electrons. The molecule has 0 aromatic heterocycles. The Morgan fingerprint density at radius 1 is 1.30 bits per heavy atom. The molecule has 1 aliphatic heterocycles. The number of hydrogen-bond donors (Lipinski definition) is 2. The van der Waals surface area contributed by atoms with Gasteiger partial charge in [0.25, 0.3) is 0 Å². The number of hydrogen-bond acceptors (Lipinski definition) is 4. The standard InChI is InChI=1S/C15H29N3O2/c1-13(15(19)17-14-5-2-3-6-14)16-7-4-8-18-9-11-20-12-10-18/h13-14,16H,2-12H2,1H3,(H,17,19). The second-order valence-electron chi connectivity index (χ2n) is 5.97. The number of amides is 1. The van der Waals surface area contributed by atoms with E-state index in [2.05, 4.69) is 15.5 Å². The highest BCUT2D eigenvalue weighted by Crippen LogP contribution is 2.17. The molecule has 1 heterocycles. The molecule has 5 nitrogen and oxygen atoms in total. The first-order valence-corrected chi connectivity index (χ1v) is 8.09. The van der Waals surface area contributed by atoms with E-state index in [4.69, 9.17) is 4.74 Å². The van der Waals surface area contributed by atoms with E-state index in [0.717, 1.165) is 58.7 Å². The van der Waals surface area contributed by atoms with Gasteiger partial charge in [0.05, 0.1) is 19.3 Å². The van der Waals surface area contributed by atoms with Crippen LogP contribution in [-0.2, 0) is 9.53 Å². The molecule has 0 aromatic rings. The molecule has 2 rings (SSSR count). The predicted octanol–water partition coefficient (Wildman–Crippen LogP) is 0.746. The van der Waals surface area contributed by atoms with Gasteiger partial charge in [-0.1, -0.05) is 12.8 Å². The third kappa shape index (κ3) is 5.38. The summed E-state index contributed by atoms with van der Waals surface area (Å²) in [5.74, 6) is 0.156. The SMILES string of the molecule is CC(NCCCN1CCOCC1)C(=O)NC1CCCC1. The first-order valence-electron chi connectivity index (χ1n) is 8.09. The van der Waals surface area contributed by atoms with Crippen molar-refractivity contribution < 1.29 is 9.53 Å². The highest BCUT2D eigenvalue weighted by atomic mass is 16.5. The van der Waals surface area contributed by atoms with Crippen LogP contribution in [0.3, 0.4) is 0 Å². The van der Waals surface area contributed by atoms with Gasteiger partial charge in [-0.25, -0.2) is 0 Å². The molecule has 2 aliphatic rings. The molecule has 2 fully saturated rings. The van der Waals surface area contributed by atoms with Gasteiger partial charge in [0.1, 0.15) is 0 Å². The predicted molar refractivity (Wildman–Crippen MR) is 79.7 cm³/mol. The van der Waals surface area contributed by atoms with Crippen LogP contribution in [0.5, 0.6) is 0 Å². The molecule has 1 unspecified atom stereocenters. The van der Waals surface area contributed by atoms with Crippen molar-refractivity contribution in [2.45, 2.75) is 51.1 Å². The largest absolute Gasteiger partial charge is 0.379 e. The molecule has 20 heavy (non-hydrogen) atoms. The van der Waals surface area contributed by atoms with Crippen molar-refractivity contribution in [3.05, 3.63) is 0 Å². The molecular weight excluding hydrogens is 254 g/mol. The summed E-state index contributed by atoms with van der Waals surface area (Å²) in [6.45, 7) is 7.74. The van der Waals surface area contributed by atoms with E-state index in [0.29, 0.717) is 6.04 Å². The van der Waals surface area contributed by atoms with Crippen molar-refractivity contribution in [1.29, 1.82) is 0 Å². The van der Waals surface area contributed by atoms with Crippen molar-refractivity contribution in [3.8, 4) is 0 Å².